The van der Waals surface area contributed by atoms with Crippen LogP contribution in [0.3, 0.4) is 0 Å². The van der Waals surface area contributed by atoms with Crippen LogP contribution in [-0.4, -0.2) is 61.3 Å². The molecule has 114 valence electrons. The van der Waals surface area contributed by atoms with E-state index in [1.807, 2.05) is 11.8 Å². The van der Waals surface area contributed by atoms with Crippen molar-refractivity contribution in [2.75, 3.05) is 39.8 Å². The van der Waals surface area contributed by atoms with Crippen molar-refractivity contribution in [3.63, 3.8) is 0 Å². The first kappa shape index (κ1) is 15.5. The van der Waals surface area contributed by atoms with Gasteiger partial charge < -0.3 is 9.64 Å². The molecule has 2 rings (SSSR count). The average Bonchev–Trinajstić information content (AvgIpc) is 2.62. The second-order valence-electron chi connectivity index (χ2n) is 5.26. The lowest BCUT2D eigenvalue weighted by Gasteiger charge is -2.18. The number of Topliss-reactive ketones (excluding diaryl/α,β-unsaturated/α-hetero) is 1. The smallest absolute Gasteiger partial charge is 0.236 e. The Morgan fingerprint density at radius 2 is 1.95 bits per heavy atom. The first-order valence-corrected chi connectivity index (χ1v) is 7.32. The summed E-state index contributed by atoms with van der Waals surface area (Å²) in [4.78, 5) is 27.7. The lowest BCUT2D eigenvalue weighted by atomic mass is 10.1. The molecule has 1 aliphatic rings. The number of rotatable bonds is 5. The van der Waals surface area contributed by atoms with Gasteiger partial charge in [0, 0.05) is 25.7 Å². The van der Waals surface area contributed by atoms with Crippen molar-refractivity contribution in [1.82, 2.24) is 9.80 Å². The third kappa shape index (κ3) is 4.29. The van der Waals surface area contributed by atoms with Gasteiger partial charge in [0.15, 0.2) is 5.78 Å². The molecule has 0 aliphatic carbocycles. The Kier molecular flexibility index (Phi) is 5.33. The van der Waals surface area contributed by atoms with Crippen LogP contribution in [0.1, 0.15) is 23.7 Å². The van der Waals surface area contributed by atoms with E-state index in [1.165, 1.54) is 0 Å². The minimum absolute atomic E-state index is 0.0374. The number of ketones is 1. The van der Waals surface area contributed by atoms with Gasteiger partial charge in [-0.05, 0) is 37.6 Å². The predicted octanol–water partition coefficient (Wildman–Crippen LogP) is 1.43. The second-order valence-corrected chi connectivity index (χ2v) is 5.26. The fourth-order valence-electron chi connectivity index (χ4n) is 2.38. The third-order valence-electron chi connectivity index (χ3n) is 3.61. The van der Waals surface area contributed by atoms with E-state index in [0.29, 0.717) is 18.7 Å². The first-order valence-electron chi connectivity index (χ1n) is 7.32. The van der Waals surface area contributed by atoms with Gasteiger partial charge in [-0.1, -0.05) is 0 Å². The zero-order chi connectivity index (χ0) is 15.2. The molecule has 0 unspecified atom stereocenters. The predicted molar refractivity (Wildman–Crippen MR) is 80.6 cm³/mol. The van der Waals surface area contributed by atoms with Gasteiger partial charge in [-0.15, -0.1) is 0 Å². The molecule has 0 saturated carbocycles. The molecule has 1 aliphatic heterocycles. The van der Waals surface area contributed by atoms with Crippen molar-refractivity contribution in [2.24, 2.45) is 0 Å². The molecule has 0 radical (unpaired) electrons. The quantitative estimate of drug-likeness (QED) is 0.770. The lowest BCUT2D eigenvalue weighted by Crippen LogP contribution is -2.37. The van der Waals surface area contributed by atoms with Crippen LogP contribution in [0.15, 0.2) is 24.3 Å². The molecule has 0 atom stereocenters. The number of hydrogen-bond donors (Lipinski definition) is 0. The van der Waals surface area contributed by atoms with Gasteiger partial charge in [-0.2, -0.15) is 0 Å². The summed E-state index contributed by atoms with van der Waals surface area (Å²) in [5.41, 5.74) is 0.656. The normalized spacial score (nSPS) is 16.7. The topological polar surface area (TPSA) is 49.9 Å². The number of nitrogens with zero attached hydrogens (tertiary/aromatic N) is 2. The number of carbonyl (C=O) groups is 2. The molecule has 21 heavy (non-hydrogen) atoms. The lowest BCUT2D eigenvalue weighted by molar-refractivity contribution is -0.129. The van der Waals surface area contributed by atoms with E-state index >= 15 is 0 Å². The Labute approximate surface area is 125 Å². The molecule has 1 amide bonds. The largest absolute Gasteiger partial charge is 0.494 e. The minimum Gasteiger partial charge on any atom is -0.494 e. The number of carbonyl (C=O) groups excluding carboxylic acids is 2. The van der Waals surface area contributed by atoms with Gasteiger partial charge in [-0.3, -0.25) is 14.5 Å². The van der Waals surface area contributed by atoms with E-state index in [4.69, 9.17) is 4.74 Å². The van der Waals surface area contributed by atoms with E-state index in [1.54, 1.807) is 36.2 Å². The Morgan fingerprint density at radius 1 is 1.24 bits per heavy atom. The summed E-state index contributed by atoms with van der Waals surface area (Å²) in [6.07, 6.45) is 0.902. The number of benzene rings is 1. The number of ether oxygens (including phenoxy) is 1. The van der Waals surface area contributed by atoms with Crippen LogP contribution in [0.25, 0.3) is 0 Å². The Bertz CT molecular complexity index is 499. The van der Waals surface area contributed by atoms with Gasteiger partial charge in [0.2, 0.25) is 5.91 Å². The van der Waals surface area contributed by atoms with Crippen LogP contribution in [0, 0.1) is 0 Å². The van der Waals surface area contributed by atoms with Gasteiger partial charge in [-0.25, -0.2) is 0 Å². The van der Waals surface area contributed by atoms with Crippen LogP contribution < -0.4 is 4.74 Å². The summed E-state index contributed by atoms with van der Waals surface area (Å²) < 4.78 is 5.36. The van der Waals surface area contributed by atoms with E-state index in [0.717, 1.165) is 25.3 Å². The van der Waals surface area contributed by atoms with Crippen molar-refractivity contribution in [1.29, 1.82) is 0 Å². The van der Waals surface area contributed by atoms with Crippen LogP contribution in [-0.2, 0) is 4.79 Å². The molecule has 0 aromatic heterocycles. The number of likely N-dealkylation sites (N-methyl/N-ethyl adjacent to an activating group) is 1. The third-order valence-corrected chi connectivity index (χ3v) is 3.61. The Hall–Kier alpha value is -1.88. The molecule has 1 fully saturated rings. The molecule has 5 heteroatoms. The Balaban J connectivity index is 1.95. The standard InChI is InChI=1S/C16H22N2O3/c1-3-21-14-7-5-13(6-8-14)15(19)11-18-10-4-9-17(2)16(20)12-18/h5-8H,3-4,9-12H2,1-2H3. The zero-order valence-corrected chi connectivity index (χ0v) is 12.7. The highest BCUT2D eigenvalue weighted by Gasteiger charge is 2.21. The summed E-state index contributed by atoms with van der Waals surface area (Å²) >= 11 is 0. The van der Waals surface area contributed by atoms with Crippen molar-refractivity contribution in [3.05, 3.63) is 29.8 Å². The van der Waals surface area contributed by atoms with E-state index in [2.05, 4.69) is 0 Å². The molecule has 1 aromatic carbocycles. The molecule has 5 nitrogen and oxygen atoms in total. The Morgan fingerprint density at radius 3 is 2.62 bits per heavy atom. The van der Waals surface area contributed by atoms with Crippen molar-refractivity contribution in [2.45, 2.75) is 13.3 Å². The van der Waals surface area contributed by atoms with E-state index < -0.39 is 0 Å². The van der Waals surface area contributed by atoms with Crippen molar-refractivity contribution >= 4 is 11.7 Å². The maximum Gasteiger partial charge on any atom is 0.236 e. The molecule has 0 bridgehead atoms. The van der Waals surface area contributed by atoms with Crippen LogP contribution >= 0.6 is 0 Å². The van der Waals surface area contributed by atoms with Crippen molar-refractivity contribution < 1.29 is 14.3 Å². The molecule has 1 heterocycles. The average molecular weight is 290 g/mol. The summed E-state index contributed by atoms with van der Waals surface area (Å²) in [6, 6.07) is 7.16. The van der Waals surface area contributed by atoms with Gasteiger partial charge in [0.25, 0.3) is 0 Å². The second kappa shape index (κ2) is 7.22. The number of amides is 1. The van der Waals surface area contributed by atoms with Gasteiger partial charge in [0.05, 0.1) is 19.7 Å². The molecular formula is C16H22N2O3. The monoisotopic (exact) mass is 290 g/mol. The summed E-state index contributed by atoms with van der Waals surface area (Å²) in [5.74, 6) is 0.878. The van der Waals surface area contributed by atoms with Crippen molar-refractivity contribution in [3.8, 4) is 5.75 Å². The fraction of sp³-hybridized carbons (Fsp3) is 0.500. The fourth-order valence-corrected chi connectivity index (χ4v) is 2.38. The maximum absolute atomic E-state index is 12.3. The van der Waals surface area contributed by atoms with E-state index in [9.17, 15) is 9.59 Å². The molecular weight excluding hydrogens is 268 g/mol. The SMILES string of the molecule is CCOc1ccc(C(=O)CN2CCCN(C)C(=O)C2)cc1. The van der Waals surface area contributed by atoms with Crippen LogP contribution in [0.5, 0.6) is 5.75 Å². The molecule has 0 spiro atoms. The highest BCUT2D eigenvalue weighted by Crippen LogP contribution is 2.13. The maximum atomic E-state index is 12.3. The summed E-state index contributed by atoms with van der Waals surface area (Å²) in [5, 5.41) is 0. The number of hydrogen-bond acceptors (Lipinski definition) is 4. The highest BCUT2D eigenvalue weighted by atomic mass is 16.5. The van der Waals surface area contributed by atoms with E-state index in [-0.39, 0.29) is 18.2 Å². The van der Waals surface area contributed by atoms with Gasteiger partial charge >= 0.3 is 0 Å². The molecule has 0 N–H and O–H groups in total. The zero-order valence-electron chi connectivity index (χ0n) is 12.7. The van der Waals surface area contributed by atoms with Crippen LogP contribution in [0.4, 0.5) is 0 Å². The highest BCUT2D eigenvalue weighted by molar-refractivity contribution is 5.98. The summed E-state index contributed by atoms with van der Waals surface area (Å²) in [6.45, 7) is 4.67. The minimum atomic E-state index is 0.0374. The summed E-state index contributed by atoms with van der Waals surface area (Å²) in [7, 11) is 1.81. The molecule has 1 saturated heterocycles. The molecule has 1 aromatic rings. The van der Waals surface area contributed by atoms with Gasteiger partial charge in [0.1, 0.15) is 5.75 Å². The first-order chi connectivity index (χ1) is 10.1. The van der Waals surface area contributed by atoms with Crippen LogP contribution in [0.2, 0.25) is 0 Å².